The van der Waals surface area contributed by atoms with E-state index >= 15 is 0 Å². The van der Waals surface area contributed by atoms with Gasteiger partial charge in [0.1, 0.15) is 0 Å². The van der Waals surface area contributed by atoms with E-state index in [2.05, 4.69) is 5.32 Å². The maximum atomic E-state index is 12.2. The molecule has 0 spiro atoms. The van der Waals surface area contributed by atoms with E-state index < -0.39 is 10.8 Å². The molecule has 1 amide bonds. The fourth-order valence-electron chi connectivity index (χ4n) is 2.11. The summed E-state index contributed by atoms with van der Waals surface area (Å²) < 4.78 is 12.2. The Morgan fingerprint density at radius 2 is 1.68 bits per heavy atom. The van der Waals surface area contributed by atoms with Crippen LogP contribution >= 0.6 is 0 Å². The van der Waals surface area contributed by atoms with Gasteiger partial charge in [0.15, 0.2) is 0 Å². The first kappa shape index (κ1) is 16.4. The van der Waals surface area contributed by atoms with Crippen molar-refractivity contribution in [3.63, 3.8) is 0 Å². The minimum Gasteiger partial charge on any atom is -0.392 e. The average Bonchev–Trinajstić information content (AvgIpc) is 2.55. The number of carbonyl (C=O) groups is 1. The molecule has 0 saturated heterocycles. The lowest BCUT2D eigenvalue weighted by atomic mass is 10.1. The van der Waals surface area contributed by atoms with Gasteiger partial charge >= 0.3 is 0 Å². The van der Waals surface area contributed by atoms with E-state index in [1.54, 1.807) is 25.2 Å². The third kappa shape index (κ3) is 4.51. The Kier molecular flexibility index (Phi) is 5.86. The summed E-state index contributed by atoms with van der Waals surface area (Å²) >= 11 is 0. The van der Waals surface area contributed by atoms with Crippen LogP contribution in [0.3, 0.4) is 0 Å². The molecule has 0 saturated carbocycles. The topological polar surface area (TPSA) is 66.4 Å². The van der Waals surface area contributed by atoms with Crippen molar-refractivity contribution in [2.24, 2.45) is 0 Å². The fraction of sp³-hybridized carbons (Fsp3) is 0.235. The predicted molar refractivity (Wildman–Crippen MR) is 87.7 cm³/mol. The number of aliphatic hydroxyl groups is 1. The van der Waals surface area contributed by atoms with Crippen molar-refractivity contribution in [2.75, 3.05) is 7.05 Å². The van der Waals surface area contributed by atoms with Gasteiger partial charge in [-0.2, -0.15) is 0 Å². The summed E-state index contributed by atoms with van der Waals surface area (Å²) in [6.45, 7) is 0.00958. The van der Waals surface area contributed by atoms with Crippen LogP contribution in [0, 0.1) is 0 Å². The largest absolute Gasteiger partial charge is 0.392 e. The van der Waals surface area contributed by atoms with Crippen LogP contribution in [0.2, 0.25) is 0 Å². The normalized spacial score (nSPS) is 11.9. The van der Waals surface area contributed by atoms with E-state index in [1.807, 2.05) is 30.3 Å². The maximum Gasteiger partial charge on any atom is 0.251 e. The summed E-state index contributed by atoms with van der Waals surface area (Å²) in [6, 6.07) is 14.6. The molecule has 22 heavy (non-hydrogen) atoms. The van der Waals surface area contributed by atoms with Crippen LogP contribution in [0.15, 0.2) is 48.5 Å². The summed E-state index contributed by atoms with van der Waals surface area (Å²) in [5.41, 5.74) is 3.27. The van der Waals surface area contributed by atoms with Gasteiger partial charge in [-0.3, -0.25) is 9.00 Å². The van der Waals surface area contributed by atoms with Crippen molar-refractivity contribution in [1.82, 2.24) is 5.32 Å². The van der Waals surface area contributed by atoms with Crippen molar-refractivity contribution < 1.29 is 14.1 Å². The third-order valence-corrected chi connectivity index (χ3v) is 4.59. The first-order valence-electron chi connectivity index (χ1n) is 6.97. The summed E-state index contributed by atoms with van der Waals surface area (Å²) in [4.78, 5) is 11.6. The Morgan fingerprint density at radius 1 is 1.05 bits per heavy atom. The van der Waals surface area contributed by atoms with Gasteiger partial charge in [0.25, 0.3) is 5.91 Å². The Labute approximate surface area is 132 Å². The highest BCUT2D eigenvalue weighted by Crippen LogP contribution is 2.12. The van der Waals surface area contributed by atoms with Gasteiger partial charge in [0.2, 0.25) is 0 Å². The fourth-order valence-corrected chi connectivity index (χ4v) is 3.33. The molecule has 1 atom stereocenters. The predicted octanol–water partition coefficient (Wildman–Crippen LogP) is 1.99. The highest BCUT2D eigenvalue weighted by Gasteiger charge is 2.07. The van der Waals surface area contributed by atoms with Gasteiger partial charge in [0.05, 0.1) is 6.61 Å². The molecule has 0 aliphatic heterocycles. The van der Waals surface area contributed by atoms with Crippen molar-refractivity contribution in [1.29, 1.82) is 0 Å². The molecule has 0 fully saturated rings. The van der Waals surface area contributed by atoms with Crippen molar-refractivity contribution in [3.8, 4) is 0 Å². The van der Waals surface area contributed by atoms with Gasteiger partial charge in [-0.15, -0.1) is 0 Å². The van der Waals surface area contributed by atoms with Crippen molar-refractivity contribution in [3.05, 3.63) is 70.8 Å². The molecule has 0 bridgehead atoms. The lowest BCUT2D eigenvalue weighted by molar-refractivity contribution is 0.0963. The van der Waals surface area contributed by atoms with Gasteiger partial charge < -0.3 is 10.4 Å². The molecule has 116 valence electrons. The second kappa shape index (κ2) is 7.87. The smallest absolute Gasteiger partial charge is 0.251 e. The summed E-state index contributed by atoms with van der Waals surface area (Å²) in [5.74, 6) is 0.717. The standard InChI is InChI=1S/C17H19NO3S/c1-18-17(20)16-4-2-3-15(9-16)12-22(21)11-14-7-5-13(10-19)6-8-14/h2-9,19H,10-12H2,1H3,(H,18,20). The number of hydrogen-bond acceptors (Lipinski definition) is 3. The monoisotopic (exact) mass is 317 g/mol. The maximum absolute atomic E-state index is 12.2. The zero-order valence-electron chi connectivity index (χ0n) is 12.4. The van der Waals surface area contributed by atoms with E-state index in [4.69, 9.17) is 5.11 Å². The molecule has 1 unspecified atom stereocenters. The minimum atomic E-state index is -1.05. The highest BCUT2D eigenvalue weighted by molar-refractivity contribution is 7.83. The highest BCUT2D eigenvalue weighted by atomic mass is 32.2. The first-order chi connectivity index (χ1) is 10.6. The van der Waals surface area contributed by atoms with Crippen molar-refractivity contribution in [2.45, 2.75) is 18.1 Å². The zero-order valence-corrected chi connectivity index (χ0v) is 13.2. The van der Waals surface area contributed by atoms with Crippen LogP contribution < -0.4 is 5.32 Å². The lowest BCUT2D eigenvalue weighted by Crippen LogP contribution is -2.17. The van der Waals surface area contributed by atoms with Crippen LogP contribution in [-0.4, -0.2) is 22.3 Å². The number of benzene rings is 2. The van der Waals surface area contributed by atoms with Crippen LogP contribution in [0.4, 0.5) is 0 Å². The Bertz CT molecular complexity index is 668. The quantitative estimate of drug-likeness (QED) is 0.856. The second-order valence-electron chi connectivity index (χ2n) is 4.98. The number of hydrogen-bond donors (Lipinski definition) is 2. The SMILES string of the molecule is CNC(=O)c1cccc(CS(=O)Cc2ccc(CO)cc2)c1. The van der Waals surface area contributed by atoms with Gasteiger partial charge in [-0.05, 0) is 28.8 Å². The average molecular weight is 317 g/mol. The lowest BCUT2D eigenvalue weighted by Gasteiger charge is -2.06. The van der Waals surface area contributed by atoms with Gasteiger partial charge in [-0.1, -0.05) is 36.4 Å². The summed E-state index contributed by atoms with van der Waals surface area (Å²) in [6.07, 6.45) is 0. The van der Waals surface area contributed by atoms with Crippen LogP contribution in [-0.2, 0) is 28.9 Å². The van der Waals surface area contributed by atoms with Crippen molar-refractivity contribution >= 4 is 16.7 Å². The van der Waals surface area contributed by atoms with Crippen LogP contribution in [0.25, 0.3) is 0 Å². The molecule has 0 radical (unpaired) electrons. The van der Waals surface area contributed by atoms with Crippen LogP contribution in [0.1, 0.15) is 27.0 Å². The molecular weight excluding hydrogens is 298 g/mol. The van der Waals surface area contributed by atoms with E-state index in [0.29, 0.717) is 17.1 Å². The molecule has 2 aromatic rings. The number of aliphatic hydroxyl groups excluding tert-OH is 1. The summed E-state index contributed by atoms with van der Waals surface area (Å²) in [5, 5.41) is 11.6. The molecule has 0 aliphatic carbocycles. The van der Waals surface area contributed by atoms with E-state index in [0.717, 1.165) is 16.7 Å². The molecule has 0 aromatic heterocycles. The molecule has 2 N–H and O–H groups in total. The van der Waals surface area contributed by atoms with E-state index in [1.165, 1.54) is 0 Å². The van der Waals surface area contributed by atoms with Gasteiger partial charge in [0, 0.05) is 34.9 Å². The number of nitrogens with one attached hydrogen (secondary N) is 1. The molecule has 2 rings (SSSR count). The number of amides is 1. The zero-order chi connectivity index (χ0) is 15.9. The summed E-state index contributed by atoms with van der Waals surface area (Å²) in [7, 11) is 0.538. The number of rotatable bonds is 6. The van der Waals surface area contributed by atoms with Crippen LogP contribution in [0.5, 0.6) is 0 Å². The first-order valence-corrected chi connectivity index (χ1v) is 8.46. The third-order valence-electron chi connectivity index (χ3n) is 3.28. The second-order valence-corrected chi connectivity index (χ2v) is 6.44. The number of carbonyl (C=O) groups excluding carboxylic acids is 1. The molecular formula is C17H19NO3S. The van der Waals surface area contributed by atoms with E-state index in [9.17, 15) is 9.00 Å². The minimum absolute atomic E-state index is 0.00958. The molecule has 0 heterocycles. The Balaban J connectivity index is 2.00. The van der Waals surface area contributed by atoms with E-state index in [-0.39, 0.29) is 12.5 Å². The Hall–Kier alpha value is -1.98. The van der Waals surface area contributed by atoms with Gasteiger partial charge in [-0.25, -0.2) is 0 Å². The molecule has 4 nitrogen and oxygen atoms in total. The molecule has 2 aromatic carbocycles. The molecule has 0 aliphatic rings. The Morgan fingerprint density at radius 3 is 2.32 bits per heavy atom. The molecule has 5 heteroatoms.